The van der Waals surface area contributed by atoms with Crippen molar-refractivity contribution in [3.05, 3.63) is 0 Å². The van der Waals surface area contributed by atoms with Crippen LogP contribution in [-0.4, -0.2) is 36.6 Å². The molecule has 1 saturated carbocycles. The molecular weight excluding hydrogens is 232 g/mol. The number of rotatable bonds is 7. The molecule has 0 amide bonds. The zero-order valence-electron chi connectivity index (χ0n) is 13.3. The zero-order chi connectivity index (χ0) is 13.7. The van der Waals surface area contributed by atoms with Crippen molar-refractivity contribution in [2.45, 2.75) is 77.8 Å². The summed E-state index contributed by atoms with van der Waals surface area (Å²) >= 11 is 0. The minimum absolute atomic E-state index is 0.730. The summed E-state index contributed by atoms with van der Waals surface area (Å²) in [4.78, 5) is 2.71. The van der Waals surface area contributed by atoms with E-state index in [4.69, 9.17) is 0 Å². The Labute approximate surface area is 120 Å². The number of nitrogens with zero attached hydrogens (tertiary/aromatic N) is 1. The van der Waals surface area contributed by atoms with E-state index in [1.165, 1.54) is 64.6 Å². The molecule has 1 saturated heterocycles. The molecule has 2 atom stereocenters. The summed E-state index contributed by atoms with van der Waals surface area (Å²) in [6.45, 7) is 10.9. The maximum atomic E-state index is 3.92. The molecule has 2 aliphatic rings. The number of hydrogen-bond acceptors (Lipinski definition) is 2. The van der Waals surface area contributed by atoms with Crippen LogP contribution in [0.15, 0.2) is 0 Å². The second kappa shape index (κ2) is 7.64. The molecule has 2 nitrogen and oxygen atoms in total. The summed E-state index contributed by atoms with van der Waals surface area (Å²) in [5.74, 6) is 1.84. The molecule has 2 heteroatoms. The third-order valence-corrected chi connectivity index (χ3v) is 5.24. The normalized spacial score (nSPS) is 31.9. The number of piperidine rings is 1. The first-order valence-corrected chi connectivity index (χ1v) is 8.69. The lowest BCUT2D eigenvalue weighted by Gasteiger charge is -2.49. The molecule has 19 heavy (non-hydrogen) atoms. The Morgan fingerprint density at radius 2 is 1.74 bits per heavy atom. The predicted molar refractivity (Wildman–Crippen MR) is 83.5 cm³/mol. The molecular formula is C17H34N2. The van der Waals surface area contributed by atoms with E-state index in [0.717, 1.165) is 23.9 Å². The molecule has 1 aliphatic heterocycles. The van der Waals surface area contributed by atoms with Crippen molar-refractivity contribution in [3.63, 3.8) is 0 Å². The van der Waals surface area contributed by atoms with Crippen molar-refractivity contribution in [1.29, 1.82) is 0 Å². The van der Waals surface area contributed by atoms with Crippen LogP contribution in [0.4, 0.5) is 0 Å². The molecule has 0 radical (unpaired) electrons. The monoisotopic (exact) mass is 266 g/mol. The van der Waals surface area contributed by atoms with Gasteiger partial charge in [0.15, 0.2) is 0 Å². The van der Waals surface area contributed by atoms with Gasteiger partial charge in [-0.15, -0.1) is 0 Å². The molecule has 1 heterocycles. The summed E-state index contributed by atoms with van der Waals surface area (Å²) in [7, 11) is 0. The van der Waals surface area contributed by atoms with Crippen molar-refractivity contribution >= 4 is 0 Å². The van der Waals surface area contributed by atoms with E-state index in [1.54, 1.807) is 0 Å². The molecule has 0 spiro atoms. The lowest BCUT2D eigenvalue weighted by atomic mass is 9.73. The molecule has 1 N–H and O–H groups in total. The summed E-state index contributed by atoms with van der Waals surface area (Å²) in [6, 6.07) is 1.55. The fourth-order valence-corrected chi connectivity index (χ4v) is 4.05. The van der Waals surface area contributed by atoms with Crippen LogP contribution in [0.25, 0.3) is 0 Å². The maximum Gasteiger partial charge on any atom is 0.0148 e. The van der Waals surface area contributed by atoms with E-state index < -0.39 is 0 Å². The second-order valence-corrected chi connectivity index (χ2v) is 7.04. The van der Waals surface area contributed by atoms with Gasteiger partial charge in [-0.3, -0.25) is 0 Å². The van der Waals surface area contributed by atoms with Crippen LogP contribution in [0, 0.1) is 11.8 Å². The van der Waals surface area contributed by atoms with E-state index >= 15 is 0 Å². The van der Waals surface area contributed by atoms with Gasteiger partial charge in [0, 0.05) is 25.2 Å². The molecule has 2 unspecified atom stereocenters. The van der Waals surface area contributed by atoms with E-state index in [1.807, 2.05) is 0 Å². The molecule has 0 aromatic carbocycles. The van der Waals surface area contributed by atoms with Gasteiger partial charge in [0.05, 0.1) is 0 Å². The minimum atomic E-state index is 0.730. The largest absolute Gasteiger partial charge is 0.313 e. The summed E-state index contributed by atoms with van der Waals surface area (Å²) in [5, 5.41) is 3.92. The fourth-order valence-electron chi connectivity index (χ4n) is 4.05. The van der Waals surface area contributed by atoms with Gasteiger partial charge in [0.1, 0.15) is 0 Å². The van der Waals surface area contributed by atoms with Gasteiger partial charge < -0.3 is 10.2 Å². The summed E-state index contributed by atoms with van der Waals surface area (Å²) < 4.78 is 0. The SMILES string of the molecule is CCCCCCNC1C2CCCC1CN(C(C)C)C2. The Kier molecular flexibility index (Phi) is 6.15. The Morgan fingerprint density at radius 3 is 2.32 bits per heavy atom. The van der Waals surface area contributed by atoms with Crippen molar-refractivity contribution < 1.29 is 0 Å². The van der Waals surface area contributed by atoms with Crippen LogP contribution in [0.5, 0.6) is 0 Å². The van der Waals surface area contributed by atoms with E-state index in [-0.39, 0.29) is 0 Å². The molecule has 2 fully saturated rings. The van der Waals surface area contributed by atoms with E-state index in [0.29, 0.717) is 0 Å². The first-order valence-electron chi connectivity index (χ1n) is 8.69. The highest BCUT2D eigenvalue weighted by Gasteiger charge is 2.39. The number of unbranched alkanes of at least 4 members (excludes halogenated alkanes) is 3. The molecule has 0 aromatic heterocycles. The van der Waals surface area contributed by atoms with Crippen LogP contribution < -0.4 is 5.32 Å². The average Bonchev–Trinajstić information content (AvgIpc) is 2.37. The van der Waals surface area contributed by atoms with Crippen molar-refractivity contribution in [1.82, 2.24) is 10.2 Å². The Hall–Kier alpha value is -0.0800. The lowest BCUT2D eigenvalue weighted by molar-refractivity contribution is 0.0297. The maximum absolute atomic E-state index is 3.92. The fraction of sp³-hybridized carbons (Fsp3) is 1.00. The highest BCUT2D eigenvalue weighted by molar-refractivity contribution is 4.95. The first-order chi connectivity index (χ1) is 9.22. The van der Waals surface area contributed by atoms with Gasteiger partial charge in [0.2, 0.25) is 0 Å². The molecule has 2 bridgehead atoms. The summed E-state index contributed by atoms with van der Waals surface area (Å²) in [5.41, 5.74) is 0. The van der Waals surface area contributed by atoms with Crippen LogP contribution >= 0.6 is 0 Å². The second-order valence-electron chi connectivity index (χ2n) is 7.04. The zero-order valence-corrected chi connectivity index (χ0v) is 13.3. The quantitative estimate of drug-likeness (QED) is 0.707. The molecule has 0 aromatic rings. The van der Waals surface area contributed by atoms with E-state index in [9.17, 15) is 0 Å². The number of nitrogens with one attached hydrogen (secondary N) is 1. The number of likely N-dealkylation sites (tertiary alicyclic amines) is 1. The lowest BCUT2D eigenvalue weighted by Crippen LogP contribution is -2.58. The molecule has 1 aliphatic carbocycles. The molecule has 2 rings (SSSR count). The smallest absolute Gasteiger partial charge is 0.0148 e. The third kappa shape index (κ3) is 4.19. The molecule has 112 valence electrons. The van der Waals surface area contributed by atoms with Crippen molar-refractivity contribution in [2.24, 2.45) is 11.8 Å². The van der Waals surface area contributed by atoms with Crippen molar-refractivity contribution in [3.8, 4) is 0 Å². The van der Waals surface area contributed by atoms with E-state index in [2.05, 4.69) is 31.0 Å². The standard InChI is InChI=1S/C17H34N2/c1-4-5-6-7-11-18-17-15-9-8-10-16(17)13-19(12-15)14(2)3/h14-18H,4-13H2,1-3H3. The van der Waals surface area contributed by atoms with Crippen LogP contribution in [-0.2, 0) is 0 Å². The topological polar surface area (TPSA) is 15.3 Å². The van der Waals surface area contributed by atoms with Crippen molar-refractivity contribution in [2.75, 3.05) is 19.6 Å². The number of hydrogen-bond donors (Lipinski definition) is 1. The minimum Gasteiger partial charge on any atom is -0.313 e. The van der Waals surface area contributed by atoms with Gasteiger partial charge in [-0.05, 0) is 51.5 Å². The Bertz CT molecular complexity index is 238. The average molecular weight is 266 g/mol. The third-order valence-electron chi connectivity index (χ3n) is 5.24. The van der Waals surface area contributed by atoms with Crippen LogP contribution in [0.2, 0.25) is 0 Å². The Morgan fingerprint density at radius 1 is 1.05 bits per heavy atom. The predicted octanol–water partition coefficient (Wildman–Crippen LogP) is 3.67. The van der Waals surface area contributed by atoms with Gasteiger partial charge in [-0.25, -0.2) is 0 Å². The first kappa shape index (κ1) is 15.3. The van der Waals surface area contributed by atoms with Gasteiger partial charge in [-0.1, -0.05) is 32.6 Å². The number of fused-ring (bicyclic) bond motifs is 2. The van der Waals surface area contributed by atoms with Crippen LogP contribution in [0.3, 0.4) is 0 Å². The van der Waals surface area contributed by atoms with Gasteiger partial charge >= 0.3 is 0 Å². The van der Waals surface area contributed by atoms with Gasteiger partial charge in [0.25, 0.3) is 0 Å². The summed E-state index contributed by atoms with van der Waals surface area (Å²) in [6.07, 6.45) is 9.90. The highest BCUT2D eigenvalue weighted by Crippen LogP contribution is 2.35. The van der Waals surface area contributed by atoms with Crippen LogP contribution in [0.1, 0.15) is 65.7 Å². The van der Waals surface area contributed by atoms with Gasteiger partial charge in [-0.2, -0.15) is 0 Å². The highest BCUT2D eigenvalue weighted by atomic mass is 15.2. The Balaban J connectivity index is 1.77.